The molecule has 0 aromatic rings. The second-order valence-electron chi connectivity index (χ2n) is 4.49. The highest BCUT2D eigenvalue weighted by molar-refractivity contribution is 9.10. The van der Waals surface area contributed by atoms with Gasteiger partial charge in [0.25, 0.3) is 0 Å². The van der Waals surface area contributed by atoms with E-state index in [0.717, 1.165) is 0 Å². The van der Waals surface area contributed by atoms with Gasteiger partial charge in [-0.05, 0) is 25.7 Å². The van der Waals surface area contributed by atoms with Crippen molar-refractivity contribution in [3.8, 4) is 0 Å². The number of hydrogen-bond donors (Lipinski definition) is 4. The van der Waals surface area contributed by atoms with Crippen LogP contribution in [0, 0.1) is 0 Å². The number of carboxylic acids is 2. The average Bonchev–Trinajstić information content (AvgIpc) is 2.42. The highest BCUT2D eigenvalue weighted by atomic mass is 79.9. The summed E-state index contributed by atoms with van der Waals surface area (Å²) in [7, 11) is 0. The lowest BCUT2D eigenvalue weighted by atomic mass is 10.0. The largest absolute Gasteiger partial charge is 0.481 e. The molecule has 0 unspecified atom stereocenters. The average molecular weight is 420 g/mol. The Labute approximate surface area is 149 Å². The number of carboxylic acid groups (broad SMARTS) is 2. The van der Waals surface area contributed by atoms with Crippen LogP contribution in [-0.2, 0) is 14.4 Å². The molecule has 0 aliphatic rings. The van der Waals surface area contributed by atoms with Crippen LogP contribution < -0.4 is 11.1 Å². The van der Waals surface area contributed by atoms with Gasteiger partial charge in [-0.15, -0.1) is 12.4 Å². The van der Waals surface area contributed by atoms with Crippen LogP contribution in [0.3, 0.4) is 0 Å². The van der Waals surface area contributed by atoms with E-state index >= 15 is 0 Å². The Morgan fingerprint density at radius 2 is 1.35 bits per heavy atom. The van der Waals surface area contributed by atoms with Crippen LogP contribution in [0.4, 0.5) is 4.79 Å². The molecule has 8 nitrogen and oxygen atoms in total. The molecule has 0 fully saturated rings. The van der Waals surface area contributed by atoms with Crippen molar-refractivity contribution in [1.29, 1.82) is 0 Å². The minimum Gasteiger partial charge on any atom is -0.481 e. The first-order valence-corrected chi connectivity index (χ1v) is 7.61. The van der Waals surface area contributed by atoms with Crippen LogP contribution in [0.5, 0.6) is 0 Å². The summed E-state index contributed by atoms with van der Waals surface area (Å²) >= 11 is 3.26. The van der Waals surface area contributed by atoms with Crippen molar-refractivity contribution in [2.45, 2.75) is 56.7 Å². The molecule has 0 heterocycles. The second kappa shape index (κ2) is 14.3. The summed E-state index contributed by atoms with van der Waals surface area (Å²) in [5.41, 5.74) is 4.81. The first kappa shape index (κ1) is 26.5. The van der Waals surface area contributed by atoms with Gasteiger partial charge in [0.15, 0.2) is 0 Å². The van der Waals surface area contributed by atoms with E-state index in [1.54, 1.807) is 0 Å². The number of urea groups is 1. The number of unbranched alkanes of at least 4 members (excludes halogenated alkanes) is 1. The highest BCUT2D eigenvalue weighted by Gasteiger charge is 2.32. The Kier molecular flexibility index (Phi) is 16.5. The summed E-state index contributed by atoms with van der Waals surface area (Å²) in [6.07, 6.45) is 2.25. The van der Waals surface area contributed by atoms with Gasteiger partial charge in [-0.3, -0.25) is 19.7 Å². The zero-order chi connectivity index (χ0) is 17.8. The van der Waals surface area contributed by atoms with E-state index in [9.17, 15) is 19.2 Å². The van der Waals surface area contributed by atoms with Gasteiger partial charge in [0.2, 0.25) is 5.91 Å². The molecule has 0 aromatic heterocycles. The molecule has 3 amide bonds. The van der Waals surface area contributed by atoms with Crippen LogP contribution in [0.1, 0.15) is 52.4 Å². The van der Waals surface area contributed by atoms with Gasteiger partial charge in [-0.1, -0.05) is 29.8 Å². The predicted molar refractivity (Wildman–Crippen MR) is 91.0 cm³/mol. The maximum absolute atomic E-state index is 11.3. The first-order valence-electron chi connectivity index (χ1n) is 6.82. The number of carbonyl (C=O) groups is 4. The van der Waals surface area contributed by atoms with Crippen molar-refractivity contribution in [2.75, 3.05) is 0 Å². The van der Waals surface area contributed by atoms with Gasteiger partial charge in [0, 0.05) is 12.8 Å². The van der Waals surface area contributed by atoms with Crippen LogP contribution in [0.15, 0.2) is 0 Å². The fraction of sp³-hybridized carbons (Fsp3) is 0.692. The number of primary amides is 1. The van der Waals surface area contributed by atoms with E-state index in [1.807, 2.05) is 19.2 Å². The van der Waals surface area contributed by atoms with Crippen molar-refractivity contribution < 1.29 is 29.4 Å². The van der Waals surface area contributed by atoms with Gasteiger partial charge in [-0.2, -0.15) is 0 Å². The number of nitrogens with two attached hydrogens (primary N) is 1. The Hall–Kier alpha value is -1.35. The molecule has 23 heavy (non-hydrogen) atoms. The molecule has 10 heteroatoms. The van der Waals surface area contributed by atoms with Crippen LogP contribution in [-0.4, -0.2) is 38.4 Å². The maximum atomic E-state index is 11.3. The SMILES string of the molecule is CCC(Br)(CC)C(=O)NC(N)=O.Cl.O=C(O)CCCCC(=O)O. The molecule has 0 aliphatic carbocycles. The highest BCUT2D eigenvalue weighted by Crippen LogP contribution is 2.26. The predicted octanol–water partition coefficient (Wildman–Crippen LogP) is 2.27. The topological polar surface area (TPSA) is 147 Å². The molecule has 0 radical (unpaired) electrons. The molecule has 0 atom stereocenters. The third-order valence-corrected chi connectivity index (χ3v) is 4.28. The molecule has 0 aromatic carbocycles. The number of nitrogens with one attached hydrogen (secondary N) is 1. The summed E-state index contributed by atoms with van der Waals surface area (Å²) in [6, 6.07) is -0.814. The number of hydrogen-bond acceptors (Lipinski definition) is 4. The summed E-state index contributed by atoms with van der Waals surface area (Å²) < 4.78 is -0.665. The van der Waals surface area contributed by atoms with E-state index < -0.39 is 22.3 Å². The van der Waals surface area contributed by atoms with Crippen molar-refractivity contribution in [3.63, 3.8) is 0 Å². The monoisotopic (exact) mass is 418 g/mol. The number of amides is 3. The minimum atomic E-state index is -0.870. The van der Waals surface area contributed by atoms with Gasteiger partial charge in [0.1, 0.15) is 4.32 Å². The molecule has 0 bridgehead atoms. The lowest BCUT2D eigenvalue weighted by Gasteiger charge is -2.21. The van der Waals surface area contributed by atoms with E-state index in [1.165, 1.54) is 0 Å². The zero-order valence-corrected chi connectivity index (χ0v) is 15.5. The Balaban J connectivity index is -0.000000338. The molecule has 136 valence electrons. The summed E-state index contributed by atoms with van der Waals surface area (Å²) in [5.74, 6) is -2.12. The number of carbonyl (C=O) groups excluding carboxylic acids is 2. The molecule has 5 N–H and O–H groups in total. The fourth-order valence-corrected chi connectivity index (χ4v) is 1.45. The van der Waals surface area contributed by atoms with Crippen LogP contribution in [0.2, 0.25) is 0 Å². The van der Waals surface area contributed by atoms with E-state index in [-0.39, 0.29) is 31.2 Å². The summed E-state index contributed by atoms with van der Waals surface area (Å²) in [5, 5.41) is 18.3. The van der Waals surface area contributed by atoms with Gasteiger partial charge in [-0.25, -0.2) is 4.79 Å². The molecule has 0 rings (SSSR count). The number of rotatable bonds is 8. The third-order valence-electron chi connectivity index (χ3n) is 2.80. The number of halogens is 2. The molecule has 0 saturated carbocycles. The van der Waals surface area contributed by atoms with Crippen molar-refractivity contribution in [1.82, 2.24) is 5.32 Å². The van der Waals surface area contributed by atoms with Gasteiger partial charge in [0.05, 0.1) is 0 Å². The van der Waals surface area contributed by atoms with Crippen molar-refractivity contribution in [3.05, 3.63) is 0 Å². The smallest absolute Gasteiger partial charge is 0.318 e. The third kappa shape index (κ3) is 15.3. The summed E-state index contributed by atoms with van der Waals surface area (Å²) in [4.78, 5) is 41.4. The Morgan fingerprint density at radius 3 is 1.57 bits per heavy atom. The molecule has 0 saturated heterocycles. The second-order valence-corrected chi connectivity index (χ2v) is 6.00. The first-order chi connectivity index (χ1) is 10.1. The van der Waals surface area contributed by atoms with Gasteiger partial charge >= 0.3 is 18.0 Å². The van der Waals surface area contributed by atoms with E-state index in [2.05, 4.69) is 15.9 Å². The van der Waals surface area contributed by atoms with Gasteiger partial charge < -0.3 is 15.9 Å². The normalized spacial score (nSPS) is 9.70. The summed E-state index contributed by atoms with van der Waals surface area (Å²) in [6.45, 7) is 3.72. The Morgan fingerprint density at radius 1 is 1.00 bits per heavy atom. The van der Waals surface area contributed by atoms with E-state index in [4.69, 9.17) is 15.9 Å². The van der Waals surface area contributed by atoms with Crippen LogP contribution in [0.25, 0.3) is 0 Å². The molecule has 0 spiro atoms. The number of alkyl halides is 1. The fourth-order valence-electron chi connectivity index (χ4n) is 1.35. The van der Waals surface area contributed by atoms with Crippen LogP contribution >= 0.6 is 28.3 Å². The lowest BCUT2D eigenvalue weighted by molar-refractivity contribution is -0.139. The minimum absolute atomic E-state index is 0. The standard InChI is InChI=1S/C7H13BrN2O2.C6H10O4.ClH/c1-3-7(8,4-2)5(11)10-6(9)12;7-5(8)3-1-2-4-6(9)10;/h3-4H2,1-2H3,(H3,9,10,11,12);1-4H2,(H,7,8)(H,9,10);1H. The van der Waals surface area contributed by atoms with Crippen molar-refractivity contribution >= 4 is 52.2 Å². The zero-order valence-electron chi connectivity index (χ0n) is 13.1. The maximum Gasteiger partial charge on any atom is 0.318 e. The number of imide groups is 1. The molecular weight excluding hydrogens is 396 g/mol. The quantitative estimate of drug-likeness (QED) is 0.350. The van der Waals surface area contributed by atoms with Crippen molar-refractivity contribution in [2.24, 2.45) is 5.73 Å². The number of aliphatic carboxylic acids is 2. The molecular formula is C13H24BrClN2O6. The lowest BCUT2D eigenvalue weighted by Crippen LogP contribution is -2.46. The Bertz CT molecular complexity index is 386. The van der Waals surface area contributed by atoms with E-state index in [0.29, 0.717) is 25.7 Å². The molecule has 0 aliphatic heterocycles.